The summed E-state index contributed by atoms with van der Waals surface area (Å²) in [6.07, 6.45) is 0. The van der Waals surface area contributed by atoms with Crippen molar-refractivity contribution in [3.63, 3.8) is 0 Å². The third kappa shape index (κ3) is 4.34. The lowest BCUT2D eigenvalue weighted by Gasteiger charge is -2.21. The maximum Gasteiger partial charge on any atom is 0.255 e. The molecular weight excluding hydrogens is 416 g/mol. The van der Waals surface area contributed by atoms with Crippen molar-refractivity contribution in [1.29, 1.82) is 0 Å². The number of fused-ring (bicyclic) bond motifs is 1. The van der Waals surface area contributed by atoms with Crippen molar-refractivity contribution in [2.45, 2.75) is 25.3 Å². The lowest BCUT2D eigenvalue weighted by Crippen LogP contribution is -2.31. The summed E-state index contributed by atoms with van der Waals surface area (Å²) in [5.74, 6) is 0.929. The minimum absolute atomic E-state index is 0.0467. The Morgan fingerprint density at radius 3 is 2.45 bits per heavy atom. The van der Waals surface area contributed by atoms with Gasteiger partial charge in [0.15, 0.2) is 11.5 Å². The molecule has 3 rings (SSSR count). The summed E-state index contributed by atoms with van der Waals surface area (Å²) >= 11 is 6.22. The van der Waals surface area contributed by atoms with Gasteiger partial charge in [0.25, 0.3) is 5.91 Å². The average Bonchev–Trinajstić information content (AvgIpc) is 3.16. The van der Waals surface area contributed by atoms with Crippen LogP contribution < -0.4 is 9.47 Å². The van der Waals surface area contributed by atoms with Crippen LogP contribution in [0.5, 0.6) is 11.5 Å². The van der Waals surface area contributed by atoms with Gasteiger partial charge in [-0.05, 0) is 35.9 Å². The fourth-order valence-corrected chi connectivity index (χ4v) is 4.82. The van der Waals surface area contributed by atoms with Crippen LogP contribution in [0.4, 0.5) is 0 Å². The van der Waals surface area contributed by atoms with E-state index in [1.54, 1.807) is 27.0 Å². The molecule has 0 saturated carbocycles. The van der Waals surface area contributed by atoms with Crippen LogP contribution in [0.15, 0.2) is 41.3 Å². The Hall–Kier alpha value is -2.29. The predicted molar refractivity (Wildman–Crippen MR) is 110 cm³/mol. The first-order valence-corrected chi connectivity index (χ1v) is 11.0. The van der Waals surface area contributed by atoms with Crippen molar-refractivity contribution in [2.24, 2.45) is 0 Å². The van der Waals surface area contributed by atoms with Gasteiger partial charge in [0.1, 0.15) is 0 Å². The minimum Gasteiger partial charge on any atom is -0.454 e. The second kappa shape index (κ2) is 8.61. The number of hydrogen-bond acceptors (Lipinski definition) is 5. The molecule has 0 aliphatic carbocycles. The molecule has 0 radical (unpaired) electrons. The maximum absolute atomic E-state index is 13.0. The van der Waals surface area contributed by atoms with E-state index in [4.69, 9.17) is 21.1 Å². The summed E-state index contributed by atoms with van der Waals surface area (Å²) in [5, 5.41) is 0.200. The molecule has 2 aromatic rings. The van der Waals surface area contributed by atoms with Gasteiger partial charge in [-0.2, -0.15) is 4.31 Å². The number of nitrogens with zero attached hydrogens (tertiary/aromatic N) is 2. The fraction of sp³-hybridized carbons (Fsp3) is 0.350. The van der Waals surface area contributed by atoms with Gasteiger partial charge in [-0.25, -0.2) is 8.42 Å². The van der Waals surface area contributed by atoms with E-state index in [9.17, 15) is 13.2 Å². The minimum atomic E-state index is -3.69. The Balaban J connectivity index is 1.84. The fourth-order valence-electron chi connectivity index (χ4n) is 3.13. The molecule has 0 aromatic heterocycles. The number of rotatable bonds is 7. The van der Waals surface area contributed by atoms with Crippen LogP contribution in [0.1, 0.15) is 29.8 Å². The SMILES string of the molecule is CCN(CC)S(=O)(=O)c1ccc(Cl)c(C(=O)N(C)Cc2ccc3c(c2)OCO3)c1. The van der Waals surface area contributed by atoms with Gasteiger partial charge in [0.2, 0.25) is 16.8 Å². The van der Waals surface area contributed by atoms with Crippen molar-refractivity contribution >= 4 is 27.5 Å². The molecule has 0 spiro atoms. The van der Waals surface area contributed by atoms with Gasteiger partial charge in [-0.3, -0.25) is 4.79 Å². The molecule has 7 nitrogen and oxygen atoms in total. The van der Waals surface area contributed by atoms with E-state index < -0.39 is 10.0 Å². The zero-order valence-electron chi connectivity index (χ0n) is 16.5. The van der Waals surface area contributed by atoms with Crippen LogP contribution in [-0.2, 0) is 16.6 Å². The Morgan fingerprint density at radius 1 is 1.07 bits per heavy atom. The Bertz CT molecular complexity index is 1020. The number of carbonyl (C=O) groups is 1. The smallest absolute Gasteiger partial charge is 0.255 e. The molecule has 29 heavy (non-hydrogen) atoms. The Morgan fingerprint density at radius 2 is 1.76 bits per heavy atom. The second-order valence-corrected chi connectivity index (χ2v) is 8.92. The number of benzene rings is 2. The topological polar surface area (TPSA) is 76.2 Å². The van der Waals surface area contributed by atoms with Crippen LogP contribution >= 0.6 is 11.6 Å². The number of halogens is 1. The van der Waals surface area contributed by atoms with Crippen LogP contribution in [0.25, 0.3) is 0 Å². The quantitative estimate of drug-likeness (QED) is 0.662. The molecule has 9 heteroatoms. The molecule has 0 unspecified atom stereocenters. The van der Waals surface area contributed by atoms with Gasteiger partial charge < -0.3 is 14.4 Å². The monoisotopic (exact) mass is 438 g/mol. The number of amides is 1. The van der Waals surface area contributed by atoms with Crippen molar-refractivity contribution < 1.29 is 22.7 Å². The van der Waals surface area contributed by atoms with Crippen LogP contribution in [0, 0.1) is 0 Å². The maximum atomic E-state index is 13.0. The lowest BCUT2D eigenvalue weighted by molar-refractivity contribution is 0.0785. The average molecular weight is 439 g/mol. The zero-order chi connectivity index (χ0) is 21.2. The van der Waals surface area contributed by atoms with Crippen LogP contribution in [0.3, 0.4) is 0 Å². The van der Waals surface area contributed by atoms with Gasteiger partial charge in [-0.1, -0.05) is 31.5 Å². The highest BCUT2D eigenvalue weighted by Gasteiger charge is 2.25. The van der Waals surface area contributed by atoms with E-state index in [-0.39, 0.29) is 28.2 Å². The Labute approximate surface area is 175 Å². The van der Waals surface area contributed by atoms with E-state index in [0.29, 0.717) is 31.1 Å². The summed E-state index contributed by atoms with van der Waals surface area (Å²) in [5.41, 5.74) is 0.997. The molecule has 0 saturated heterocycles. The molecule has 2 aromatic carbocycles. The second-order valence-electron chi connectivity index (χ2n) is 6.58. The van der Waals surface area contributed by atoms with E-state index in [2.05, 4.69) is 0 Å². The first-order chi connectivity index (χ1) is 13.8. The van der Waals surface area contributed by atoms with E-state index in [0.717, 1.165) is 5.56 Å². The summed E-state index contributed by atoms with van der Waals surface area (Å²) in [6, 6.07) is 9.66. The van der Waals surface area contributed by atoms with Gasteiger partial charge in [0, 0.05) is 26.7 Å². The van der Waals surface area contributed by atoms with Crippen molar-refractivity contribution in [1.82, 2.24) is 9.21 Å². The summed E-state index contributed by atoms with van der Waals surface area (Å²) in [4.78, 5) is 14.5. The molecule has 1 aliphatic rings. The first kappa shape index (κ1) is 21.4. The summed E-state index contributed by atoms with van der Waals surface area (Å²) in [6.45, 7) is 4.70. The largest absolute Gasteiger partial charge is 0.454 e. The molecule has 0 atom stereocenters. The number of ether oxygens (including phenoxy) is 2. The van der Waals surface area contributed by atoms with Gasteiger partial charge >= 0.3 is 0 Å². The first-order valence-electron chi connectivity index (χ1n) is 9.21. The van der Waals surface area contributed by atoms with Crippen molar-refractivity contribution in [3.05, 3.63) is 52.5 Å². The molecule has 1 aliphatic heterocycles. The molecule has 1 heterocycles. The summed E-state index contributed by atoms with van der Waals surface area (Å²) < 4.78 is 37.6. The highest BCUT2D eigenvalue weighted by atomic mass is 35.5. The molecule has 0 N–H and O–H groups in total. The molecule has 0 bridgehead atoms. The number of sulfonamides is 1. The number of hydrogen-bond donors (Lipinski definition) is 0. The van der Waals surface area contributed by atoms with Crippen molar-refractivity contribution in [2.75, 3.05) is 26.9 Å². The normalized spacial score (nSPS) is 13.0. The Kier molecular flexibility index (Phi) is 6.36. The standard InChI is InChI=1S/C20H23ClN2O5S/c1-4-23(5-2)29(25,26)15-7-8-17(21)16(11-15)20(24)22(3)12-14-6-9-18-19(10-14)28-13-27-18/h6-11H,4-5,12-13H2,1-3H3. The van der Waals surface area contributed by atoms with Gasteiger partial charge in [-0.15, -0.1) is 0 Å². The highest BCUT2D eigenvalue weighted by molar-refractivity contribution is 7.89. The zero-order valence-corrected chi connectivity index (χ0v) is 18.1. The van der Waals surface area contributed by atoms with Crippen molar-refractivity contribution in [3.8, 4) is 11.5 Å². The van der Waals surface area contributed by atoms with Crippen LogP contribution in [-0.4, -0.2) is 50.5 Å². The molecule has 156 valence electrons. The van der Waals surface area contributed by atoms with Crippen LogP contribution in [0.2, 0.25) is 5.02 Å². The highest BCUT2D eigenvalue weighted by Crippen LogP contribution is 2.33. The van der Waals surface area contributed by atoms with E-state index in [1.165, 1.54) is 27.4 Å². The lowest BCUT2D eigenvalue weighted by atomic mass is 10.1. The van der Waals surface area contributed by atoms with E-state index >= 15 is 0 Å². The predicted octanol–water partition coefficient (Wildman–Crippen LogP) is 3.37. The molecule has 0 fully saturated rings. The number of carbonyl (C=O) groups excluding carboxylic acids is 1. The summed E-state index contributed by atoms with van der Waals surface area (Å²) in [7, 11) is -2.06. The van der Waals surface area contributed by atoms with E-state index in [1.807, 2.05) is 12.1 Å². The third-order valence-electron chi connectivity index (χ3n) is 4.71. The molecular formula is C20H23ClN2O5S. The van der Waals surface area contributed by atoms with Gasteiger partial charge in [0.05, 0.1) is 15.5 Å². The third-order valence-corrected chi connectivity index (χ3v) is 7.09. The molecule has 1 amide bonds.